The van der Waals surface area contributed by atoms with Gasteiger partial charge in [0.15, 0.2) is 5.82 Å². The first-order valence-electron chi connectivity index (χ1n) is 8.42. The zero-order chi connectivity index (χ0) is 14.7. The molecule has 0 bridgehead atoms. The molecule has 2 heterocycles. The van der Waals surface area contributed by atoms with E-state index >= 15 is 0 Å². The lowest BCUT2D eigenvalue weighted by Gasteiger charge is -2.23. The van der Waals surface area contributed by atoms with E-state index in [9.17, 15) is 0 Å². The second kappa shape index (κ2) is 6.44. The minimum atomic E-state index is 0.215. The lowest BCUT2D eigenvalue weighted by Crippen LogP contribution is -2.26. The standard InChI is InChI=1S/C16H28N4O/c1-13(2)9-17-10-15-18-12-20(19-15)11-14-5-8-16(21-14)6-3-4-7-16/h12-14,17H,3-11H2,1-2H3. The van der Waals surface area contributed by atoms with Crippen molar-refractivity contribution in [2.45, 2.75) is 77.2 Å². The Hall–Kier alpha value is -0.940. The molecule has 5 nitrogen and oxygen atoms in total. The van der Waals surface area contributed by atoms with Crippen LogP contribution < -0.4 is 5.32 Å². The van der Waals surface area contributed by atoms with Gasteiger partial charge in [0, 0.05) is 0 Å². The topological polar surface area (TPSA) is 52.0 Å². The summed E-state index contributed by atoms with van der Waals surface area (Å²) < 4.78 is 8.28. The van der Waals surface area contributed by atoms with Gasteiger partial charge in [-0.3, -0.25) is 4.68 Å². The Morgan fingerprint density at radius 1 is 1.38 bits per heavy atom. The summed E-state index contributed by atoms with van der Waals surface area (Å²) in [5.74, 6) is 1.53. The molecule has 1 spiro atoms. The third-order valence-electron chi connectivity index (χ3n) is 4.66. The highest BCUT2D eigenvalue weighted by Gasteiger charge is 2.42. The van der Waals surface area contributed by atoms with Crippen LogP contribution in [0.3, 0.4) is 0 Å². The number of rotatable bonds is 6. The van der Waals surface area contributed by atoms with Gasteiger partial charge in [-0.05, 0) is 38.1 Å². The van der Waals surface area contributed by atoms with Crippen molar-refractivity contribution in [3.63, 3.8) is 0 Å². The van der Waals surface area contributed by atoms with Crippen molar-refractivity contribution in [1.82, 2.24) is 20.1 Å². The summed E-state index contributed by atoms with van der Waals surface area (Å²) in [6, 6.07) is 0. The van der Waals surface area contributed by atoms with Crippen LogP contribution in [0.5, 0.6) is 0 Å². The molecular formula is C16H28N4O. The molecule has 0 aromatic carbocycles. The molecule has 2 fully saturated rings. The third-order valence-corrected chi connectivity index (χ3v) is 4.66. The van der Waals surface area contributed by atoms with Crippen molar-refractivity contribution in [2.75, 3.05) is 6.54 Å². The van der Waals surface area contributed by atoms with Crippen LogP contribution in [0.2, 0.25) is 0 Å². The smallest absolute Gasteiger partial charge is 0.164 e. The minimum absolute atomic E-state index is 0.215. The summed E-state index contributed by atoms with van der Waals surface area (Å²) in [7, 11) is 0. The highest BCUT2D eigenvalue weighted by molar-refractivity contribution is 4.93. The van der Waals surface area contributed by atoms with Crippen molar-refractivity contribution >= 4 is 0 Å². The maximum Gasteiger partial charge on any atom is 0.164 e. The molecule has 1 aromatic rings. The van der Waals surface area contributed by atoms with Gasteiger partial charge >= 0.3 is 0 Å². The molecule has 1 saturated heterocycles. The molecule has 1 unspecified atom stereocenters. The fourth-order valence-corrected chi connectivity index (χ4v) is 3.59. The van der Waals surface area contributed by atoms with Gasteiger partial charge in [-0.2, -0.15) is 5.10 Å². The van der Waals surface area contributed by atoms with Crippen LogP contribution in [-0.2, 0) is 17.8 Å². The van der Waals surface area contributed by atoms with Gasteiger partial charge in [-0.1, -0.05) is 26.7 Å². The Morgan fingerprint density at radius 2 is 2.19 bits per heavy atom. The van der Waals surface area contributed by atoms with E-state index < -0.39 is 0 Å². The van der Waals surface area contributed by atoms with E-state index in [0.29, 0.717) is 12.0 Å². The summed E-state index contributed by atoms with van der Waals surface area (Å²) in [4.78, 5) is 4.38. The first kappa shape index (κ1) is 15.0. The third kappa shape index (κ3) is 3.83. The van der Waals surface area contributed by atoms with Crippen LogP contribution in [0.15, 0.2) is 6.33 Å². The Morgan fingerprint density at radius 3 is 2.95 bits per heavy atom. The molecule has 118 valence electrons. The van der Waals surface area contributed by atoms with Gasteiger partial charge in [-0.25, -0.2) is 4.98 Å². The Balaban J connectivity index is 1.46. The van der Waals surface area contributed by atoms with E-state index in [2.05, 4.69) is 29.2 Å². The second-order valence-corrected chi connectivity index (χ2v) is 7.08. The molecule has 1 aliphatic heterocycles. The monoisotopic (exact) mass is 292 g/mol. The average molecular weight is 292 g/mol. The Bertz CT molecular complexity index is 451. The second-order valence-electron chi connectivity index (χ2n) is 7.08. The van der Waals surface area contributed by atoms with Crippen molar-refractivity contribution in [3.8, 4) is 0 Å². The molecule has 0 amide bonds. The summed E-state index contributed by atoms with van der Waals surface area (Å²) >= 11 is 0. The normalized spacial score (nSPS) is 24.4. The number of nitrogens with zero attached hydrogens (tertiary/aromatic N) is 3. The molecule has 1 saturated carbocycles. The van der Waals surface area contributed by atoms with E-state index in [1.54, 1.807) is 0 Å². The fraction of sp³-hybridized carbons (Fsp3) is 0.875. The van der Waals surface area contributed by atoms with Crippen molar-refractivity contribution in [1.29, 1.82) is 0 Å². The van der Waals surface area contributed by atoms with Crippen LogP contribution in [-0.4, -0.2) is 33.0 Å². The molecule has 1 aromatic heterocycles. The average Bonchev–Trinajstić information content (AvgIpc) is 3.15. The highest BCUT2D eigenvalue weighted by atomic mass is 16.5. The number of nitrogens with one attached hydrogen (secondary N) is 1. The lowest BCUT2D eigenvalue weighted by atomic mass is 9.98. The predicted molar refractivity (Wildman–Crippen MR) is 81.9 cm³/mol. The zero-order valence-corrected chi connectivity index (χ0v) is 13.3. The van der Waals surface area contributed by atoms with E-state index in [-0.39, 0.29) is 5.60 Å². The first-order chi connectivity index (χ1) is 10.2. The van der Waals surface area contributed by atoms with Gasteiger partial charge in [0.1, 0.15) is 6.33 Å². The van der Waals surface area contributed by atoms with Gasteiger partial charge in [0.25, 0.3) is 0 Å². The fourth-order valence-electron chi connectivity index (χ4n) is 3.59. The Kier molecular flexibility index (Phi) is 4.60. The highest BCUT2D eigenvalue weighted by Crippen LogP contribution is 2.43. The van der Waals surface area contributed by atoms with E-state index in [4.69, 9.17) is 4.74 Å². The predicted octanol–water partition coefficient (Wildman–Crippen LogP) is 2.52. The quantitative estimate of drug-likeness (QED) is 0.875. The van der Waals surface area contributed by atoms with Gasteiger partial charge in [0.05, 0.1) is 24.8 Å². The number of hydrogen-bond acceptors (Lipinski definition) is 4. The van der Waals surface area contributed by atoms with Crippen LogP contribution in [0.1, 0.15) is 58.2 Å². The van der Waals surface area contributed by atoms with Crippen LogP contribution >= 0.6 is 0 Å². The molecule has 21 heavy (non-hydrogen) atoms. The van der Waals surface area contributed by atoms with Gasteiger partial charge in [-0.15, -0.1) is 0 Å². The van der Waals surface area contributed by atoms with Crippen molar-refractivity contribution < 1.29 is 4.74 Å². The van der Waals surface area contributed by atoms with Crippen LogP contribution in [0.25, 0.3) is 0 Å². The molecular weight excluding hydrogens is 264 g/mol. The number of aromatic nitrogens is 3. The zero-order valence-electron chi connectivity index (χ0n) is 13.3. The van der Waals surface area contributed by atoms with Crippen LogP contribution in [0.4, 0.5) is 0 Å². The van der Waals surface area contributed by atoms with Crippen molar-refractivity contribution in [3.05, 3.63) is 12.2 Å². The molecule has 1 N–H and O–H groups in total. The Labute approximate surface area is 127 Å². The summed E-state index contributed by atoms with van der Waals surface area (Å²) in [6.45, 7) is 7.01. The van der Waals surface area contributed by atoms with Gasteiger partial charge < -0.3 is 10.1 Å². The summed E-state index contributed by atoms with van der Waals surface area (Å²) in [6.07, 6.45) is 9.74. The summed E-state index contributed by atoms with van der Waals surface area (Å²) in [5.41, 5.74) is 0.215. The number of hydrogen-bond donors (Lipinski definition) is 1. The molecule has 0 radical (unpaired) electrons. The molecule has 1 atom stereocenters. The molecule has 2 aliphatic rings. The van der Waals surface area contributed by atoms with E-state index in [1.807, 2.05) is 11.0 Å². The van der Waals surface area contributed by atoms with E-state index in [0.717, 1.165) is 25.5 Å². The minimum Gasteiger partial charge on any atom is -0.370 e. The van der Waals surface area contributed by atoms with E-state index in [1.165, 1.54) is 38.5 Å². The van der Waals surface area contributed by atoms with Crippen molar-refractivity contribution in [2.24, 2.45) is 5.92 Å². The number of ether oxygens (including phenoxy) is 1. The summed E-state index contributed by atoms with van der Waals surface area (Å²) in [5, 5.41) is 7.93. The van der Waals surface area contributed by atoms with Crippen LogP contribution in [0, 0.1) is 5.92 Å². The largest absolute Gasteiger partial charge is 0.370 e. The molecule has 5 heteroatoms. The molecule has 1 aliphatic carbocycles. The lowest BCUT2D eigenvalue weighted by molar-refractivity contribution is -0.0429. The first-order valence-corrected chi connectivity index (χ1v) is 8.42. The maximum absolute atomic E-state index is 6.33. The SMILES string of the molecule is CC(C)CNCc1ncn(CC2CCC3(CCCC3)O2)n1. The maximum atomic E-state index is 6.33. The van der Waals surface area contributed by atoms with Gasteiger partial charge in [0.2, 0.25) is 0 Å². The molecule has 3 rings (SSSR count).